The average Bonchev–Trinajstić information content (AvgIpc) is 3.66. The molecule has 2 aromatic carbocycles. The molecule has 1 atom stereocenters. The minimum Gasteiger partial charge on any atom is -0.478 e. The summed E-state index contributed by atoms with van der Waals surface area (Å²) in [5, 5.41) is 9.93. The van der Waals surface area contributed by atoms with Gasteiger partial charge in [0, 0.05) is 17.3 Å². The summed E-state index contributed by atoms with van der Waals surface area (Å²) in [5.41, 5.74) is -1.92. The van der Waals surface area contributed by atoms with E-state index in [-0.39, 0.29) is 55.7 Å². The van der Waals surface area contributed by atoms with E-state index in [0.717, 1.165) is 0 Å². The van der Waals surface area contributed by atoms with E-state index in [4.69, 9.17) is 9.72 Å². The number of carboxylic acids is 1. The number of carboxylic acid groups (broad SMARTS) is 1. The Morgan fingerprint density at radius 2 is 1.66 bits per heavy atom. The van der Waals surface area contributed by atoms with Crippen LogP contribution in [0.4, 0.5) is 41.5 Å². The van der Waals surface area contributed by atoms with Gasteiger partial charge in [-0.05, 0) is 68.1 Å². The third kappa shape index (κ3) is 5.90. The lowest BCUT2D eigenvalue weighted by Gasteiger charge is -2.34. The molecule has 1 amide bonds. The van der Waals surface area contributed by atoms with Crippen molar-refractivity contribution in [3.63, 3.8) is 0 Å². The number of hydrogen-bond donors (Lipinski definition) is 1. The number of anilines is 1. The molecule has 3 fully saturated rings. The number of alkyl halides is 7. The first-order chi connectivity index (χ1) is 23.4. The van der Waals surface area contributed by atoms with Gasteiger partial charge >= 0.3 is 24.4 Å². The molecular formula is C33H26F7N5O4S. The van der Waals surface area contributed by atoms with Crippen molar-refractivity contribution in [2.24, 2.45) is 0 Å². The van der Waals surface area contributed by atoms with Gasteiger partial charge in [-0.2, -0.15) is 26.3 Å². The highest BCUT2D eigenvalue weighted by atomic mass is 32.1. The normalized spacial score (nSPS) is 18.8. The van der Waals surface area contributed by atoms with E-state index in [1.807, 2.05) is 0 Å². The first-order valence-corrected chi connectivity index (χ1v) is 16.1. The zero-order valence-electron chi connectivity index (χ0n) is 26.2. The van der Waals surface area contributed by atoms with Gasteiger partial charge in [0.05, 0.1) is 58.1 Å². The molecule has 0 radical (unpaired) electrons. The molecule has 50 heavy (non-hydrogen) atoms. The Kier molecular flexibility index (Phi) is 7.84. The van der Waals surface area contributed by atoms with Crippen LogP contribution >= 0.6 is 11.3 Å². The maximum Gasteiger partial charge on any atom is 0.416 e. The number of thiazole rings is 1. The van der Waals surface area contributed by atoms with Crippen molar-refractivity contribution in [3.8, 4) is 21.0 Å². The van der Waals surface area contributed by atoms with Crippen molar-refractivity contribution in [3.05, 3.63) is 81.8 Å². The summed E-state index contributed by atoms with van der Waals surface area (Å²) < 4.78 is 101. The van der Waals surface area contributed by atoms with Crippen LogP contribution in [0, 0.1) is 13.8 Å². The number of hydrogen-bond acceptors (Lipinski definition) is 8. The summed E-state index contributed by atoms with van der Waals surface area (Å²) >= 11 is 1.26. The van der Waals surface area contributed by atoms with Gasteiger partial charge in [0.2, 0.25) is 5.95 Å². The number of rotatable bonds is 7. The Labute approximate surface area is 283 Å². The van der Waals surface area contributed by atoms with Crippen molar-refractivity contribution >= 4 is 29.3 Å². The van der Waals surface area contributed by atoms with Crippen LogP contribution < -0.4 is 4.90 Å². The van der Waals surface area contributed by atoms with Crippen LogP contribution in [0.25, 0.3) is 21.0 Å². The maximum atomic E-state index is 13.8. The van der Waals surface area contributed by atoms with Gasteiger partial charge in [-0.25, -0.2) is 28.9 Å². The van der Waals surface area contributed by atoms with E-state index in [2.05, 4.69) is 9.97 Å². The zero-order chi connectivity index (χ0) is 35.9. The lowest BCUT2D eigenvalue weighted by Crippen LogP contribution is -2.49. The van der Waals surface area contributed by atoms with Gasteiger partial charge in [-0.3, -0.25) is 4.90 Å². The summed E-state index contributed by atoms with van der Waals surface area (Å²) in [4.78, 5) is 42.2. The van der Waals surface area contributed by atoms with E-state index in [1.54, 1.807) is 24.8 Å². The van der Waals surface area contributed by atoms with Crippen LogP contribution in [0.3, 0.4) is 0 Å². The van der Waals surface area contributed by atoms with Crippen molar-refractivity contribution in [2.45, 2.75) is 63.4 Å². The fourth-order valence-electron chi connectivity index (χ4n) is 6.39. The highest BCUT2D eigenvalue weighted by Crippen LogP contribution is 2.58. The fourth-order valence-corrected chi connectivity index (χ4v) is 7.58. The highest BCUT2D eigenvalue weighted by Gasteiger charge is 2.64. The van der Waals surface area contributed by atoms with Crippen LogP contribution in [-0.2, 0) is 23.6 Å². The number of amides is 1. The van der Waals surface area contributed by atoms with Crippen LogP contribution in [0.1, 0.15) is 62.9 Å². The molecule has 9 nitrogen and oxygen atoms in total. The molecule has 3 aliphatic rings. The molecule has 0 bridgehead atoms. The standard InChI is InChI=1S/C33H26F7N5O4S/c1-15-7-17(28(46)47)3-4-22(15)27-42-16(2)25(50-27)23-11-41-29(44-12-21(34)13-44)43-24(23)14-45-30(48)49-26(31(45)5-6-31)18-8-19(32(35,36)37)10-20(9-18)33(38,39)40/h3-4,7-11,21,26H,5-6,12-14H2,1-2H3,(H,46,47)/t26-/m1/s1. The second-order valence-electron chi connectivity index (χ2n) is 12.6. The second-order valence-corrected chi connectivity index (χ2v) is 13.6. The molecule has 1 spiro atoms. The van der Waals surface area contributed by atoms with Crippen LogP contribution in [0.5, 0.6) is 0 Å². The molecule has 0 unspecified atom stereocenters. The zero-order valence-corrected chi connectivity index (χ0v) is 27.0. The van der Waals surface area contributed by atoms with Crippen molar-refractivity contribution < 1.29 is 50.2 Å². The van der Waals surface area contributed by atoms with E-state index < -0.39 is 58.9 Å². The maximum absolute atomic E-state index is 13.8. The number of halogens is 7. The van der Waals surface area contributed by atoms with E-state index in [9.17, 15) is 45.4 Å². The molecule has 4 aromatic rings. The SMILES string of the molecule is Cc1cc(C(=O)O)ccc1-c1nc(C)c(-c2cnc(N3CC(F)C3)nc2CN2C(=O)O[C@H](c3cc(C(F)(F)F)cc(C(F)(F)F)c3)C23CC3)s1. The van der Waals surface area contributed by atoms with Gasteiger partial charge in [0.15, 0.2) is 6.10 Å². The van der Waals surface area contributed by atoms with Gasteiger partial charge in [-0.15, -0.1) is 11.3 Å². The average molecular weight is 722 g/mol. The van der Waals surface area contributed by atoms with Gasteiger partial charge in [0.25, 0.3) is 0 Å². The van der Waals surface area contributed by atoms with Crippen molar-refractivity contribution in [1.29, 1.82) is 0 Å². The predicted molar refractivity (Wildman–Crippen MR) is 165 cm³/mol. The van der Waals surface area contributed by atoms with Crippen molar-refractivity contribution in [1.82, 2.24) is 19.9 Å². The molecule has 7 rings (SSSR count). The first-order valence-electron chi connectivity index (χ1n) is 15.3. The van der Waals surface area contributed by atoms with E-state index >= 15 is 0 Å². The minimum absolute atomic E-state index is 0.0255. The minimum atomic E-state index is -5.08. The number of benzene rings is 2. The summed E-state index contributed by atoms with van der Waals surface area (Å²) in [6.45, 7) is 3.34. The predicted octanol–water partition coefficient (Wildman–Crippen LogP) is 8.00. The number of aryl methyl sites for hydroxylation is 2. The molecule has 262 valence electrons. The molecule has 1 aliphatic carbocycles. The largest absolute Gasteiger partial charge is 0.478 e. The number of carbonyl (C=O) groups is 2. The van der Waals surface area contributed by atoms with E-state index in [1.165, 1.54) is 34.6 Å². The third-order valence-electron chi connectivity index (χ3n) is 9.17. The van der Waals surface area contributed by atoms with Crippen LogP contribution in [0.2, 0.25) is 0 Å². The molecular weight excluding hydrogens is 695 g/mol. The molecule has 2 saturated heterocycles. The lowest BCUT2D eigenvalue weighted by molar-refractivity contribution is -0.143. The Bertz CT molecular complexity index is 2010. The molecule has 2 aliphatic heterocycles. The molecule has 1 saturated carbocycles. The first kappa shape index (κ1) is 33.7. The van der Waals surface area contributed by atoms with Crippen molar-refractivity contribution in [2.75, 3.05) is 18.0 Å². The Hall–Kier alpha value is -4.80. The Morgan fingerprint density at radius 1 is 1.00 bits per heavy atom. The number of nitrogens with zero attached hydrogens (tertiary/aromatic N) is 5. The number of aromatic carboxylic acids is 1. The van der Waals surface area contributed by atoms with Gasteiger partial charge in [0.1, 0.15) is 11.2 Å². The second kappa shape index (κ2) is 11.6. The van der Waals surface area contributed by atoms with Crippen LogP contribution in [0.15, 0.2) is 42.6 Å². The molecule has 1 N–H and O–H groups in total. The summed E-state index contributed by atoms with van der Waals surface area (Å²) in [5.74, 6) is -0.898. The van der Waals surface area contributed by atoms with Gasteiger partial charge < -0.3 is 14.7 Å². The number of aromatic nitrogens is 3. The number of carbonyl (C=O) groups excluding carboxylic acids is 1. The number of ether oxygens (including phenoxy) is 1. The van der Waals surface area contributed by atoms with Gasteiger partial charge in [-0.1, -0.05) is 6.07 Å². The lowest BCUT2D eigenvalue weighted by atomic mass is 9.95. The molecule has 4 heterocycles. The fraction of sp³-hybridized carbons (Fsp3) is 0.364. The summed E-state index contributed by atoms with van der Waals surface area (Å²) in [7, 11) is 0. The number of cyclic esters (lactones) is 1. The summed E-state index contributed by atoms with van der Waals surface area (Å²) in [6.07, 6.45) is -11.6. The molecule has 17 heteroatoms. The quantitative estimate of drug-likeness (QED) is 0.191. The molecule has 2 aromatic heterocycles. The Balaban J connectivity index is 1.27. The monoisotopic (exact) mass is 721 g/mol. The third-order valence-corrected chi connectivity index (χ3v) is 10.4. The topological polar surface area (TPSA) is 109 Å². The summed E-state index contributed by atoms with van der Waals surface area (Å²) in [6, 6.07) is 5.81. The smallest absolute Gasteiger partial charge is 0.416 e. The van der Waals surface area contributed by atoms with E-state index in [0.29, 0.717) is 44.4 Å². The van der Waals surface area contributed by atoms with Crippen LogP contribution in [-0.4, -0.2) is 61.8 Å². The Morgan fingerprint density at radius 3 is 2.22 bits per heavy atom. The highest BCUT2D eigenvalue weighted by molar-refractivity contribution is 7.18.